The van der Waals surface area contributed by atoms with Gasteiger partial charge in [0.05, 0.1) is 5.52 Å². The summed E-state index contributed by atoms with van der Waals surface area (Å²) in [6.45, 7) is 0.757. The molecule has 0 radical (unpaired) electrons. The first kappa shape index (κ1) is 13.6. The summed E-state index contributed by atoms with van der Waals surface area (Å²) in [5.74, 6) is -0.391. The highest BCUT2D eigenvalue weighted by molar-refractivity contribution is 6.17. The summed E-state index contributed by atoms with van der Waals surface area (Å²) in [7, 11) is 0. The Balaban J connectivity index is 2.06. The third-order valence-corrected chi connectivity index (χ3v) is 4.25. The highest BCUT2D eigenvalue weighted by Gasteiger charge is 2.15. The molecule has 2 N–H and O–H groups in total. The minimum Gasteiger partial charge on any atom is -0.366 e. The van der Waals surface area contributed by atoms with Gasteiger partial charge < -0.3 is 10.3 Å². The molecule has 112 valence electrons. The zero-order valence-corrected chi connectivity index (χ0v) is 12.6. The summed E-state index contributed by atoms with van der Waals surface area (Å²) in [5, 5.41) is 2.00. The molecule has 4 rings (SSSR count). The standard InChI is InChI=1S/C20H16N2O/c21-20(23)16-10-6-12-18-19(16)15-9-4-5-11-17(15)22(18)13-14-7-2-1-3-8-14/h1-12H,13H2,(H2,21,23). The SMILES string of the molecule is NC(=O)c1cccc2c1c1ccccc1n2Cc1ccccc1. The van der Waals surface area contributed by atoms with E-state index in [0.717, 1.165) is 28.4 Å². The number of para-hydroxylation sites is 1. The molecule has 0 saturated heterocycles. The Hall–Kier alpha value is -3.07. The summed E-state index contributed by atoms with van der Waals surface area (Å²) >= 11 is 0. The molecule has 0 aliphatic heterocycles. The van der Waals surface area contributed by atoms with Crippen molar-refractivity contribution in [1.29, 1.82) is 0 Å². The molecule has 1 heterocycles. The Kier molecular flexibility index (Phi) is 3.12. The second kappa shape index (κ2) is 5.29. The van der Waals surface area contributed by atoms with E-state index in [2.05, 4.69) is 22.8 Å². The lowest BCUT2D eigenvalue weighted by Crippen LogP contribution is -2.11. The number of primary amides is 1. The maximum Gasteiger partial charge on any atom is 0.249 e. The van der Waals surface area contributed by atoms with Crippen molar-refractivity contribution in [2.24, 2.45) is 5.73 Å². The average molecular weight is 300 g/mol. The van der Waals surface area contributed by atoms with E-state index in [1.165, 1.54) is 5.56 Å². The molecule has 0 aliphatic carbocycles. The third-order valence-electron chi connectivity index (χ3n) is 4.25. The van der Waals surface area contributed by atoms with Crippen LogP contribution in [0.5, 0.6) is 0 Å². The van der Waals surface area contributed by atoms with Gasteiger partial charge in [-0.3, -0.25) is 4.79 Å². The number of rotatable bonds is 3. The van der Waals surface area contributed by atoms with Gasteiger partial charge in [0.2, 0.25) is 5.91 Å². The van der Waals surface area contributed by atoms with Gasteiger partial charge in [-0.05, 0) is 23.8 Å². The van der Waals surface area contributed by atoms with Gasteiger partial charge in [0.1, 0.15) is 0 Å². The van der Waals surface area contributed by atoms with Gasteiger partial charge in [-0.25, -0.2) is 0 Å². The summed E-state index contributed by atoms with van der Waals surface area (Å²) in [4.78, 5) is 11.8. The molecule has 3 heteroatoms. The van der Waals surface area contributed by atoms with Crippen molar-refractivity contribution in [1.82, 2.24) is 4.57 Å². The molecule has 3 nitrogen and oxygen atoms in total. The maximum atomic E-state index is 11.8. The third kappa shape index (κ3) is 2.18. The number of nitrogens with two attached hydrogens (primary N) is 1. The molecule has 0 unspecified atom stereocenters. The lowest BCUT2D eigenvalue weighted by molar-refractivity contribution is 0.100. The quantitative estimate of drug-likeness (QED) is 0.612. The topological polar surface area (TPSA) is 48.0 Å². The molecule has 0 bridgehead atoms. The zero-order valence-electron chi connectivity index (χ0n) is 12.6. The predicted octanol–water partition coefficient (Wildman–Crippen LogP) is 3.94. The van der Waals surface area contributed by atoms with Crippen molar-refractivity contribution >= 4 is 27.7 Å². The monoisotopic (exact) mass is 300 g/mol. The molecule has 0 saturated carbocycles. The Morgan fingerprint density at radius 1 is 0.826 bits per heavy atom. The zero-order chi connectivity index (χ0) is 15.8. The van der Waals surface area contributed by atoms with Gasteiger partial charge in [0, 0.05) is 28.4 Å². The molecule has 23 heavy (non-hydrogen) atoms. The van der Waals surface area contributed by atoms with Gasteiger partial charge in [0.15, 0.2) is 0 Å². The van der Waals surface area contributed by atoms with Crippen molar-refractivity contribution in [3.8, 4) is 0 Å². The fourth-order valence-corrected chi connectivity index (χ4v) is 3.24. The summed E-state index contributed by atoms with van der Waals surface area (Å²) in [6, 6.07) is 24.2. The molecule has 0 atom stereocenters. The number of carbonyl (C=O) groups is 1. The maximum absolute atomic E-state index is 11.8. The number of aromatic nitrogens is 1. The number of fused-ring (bicyclic) bond motifs is 3. The summed E-state index contributed by atoms with van der Waals surface area (Å²) in [5.41, 5.74) is 9.53. The van der Waals surface area contributed by atoms with E-state index in [-0.39, 0.29) is 0 Å². The first-order chi connectivity index (χ1) is 11.3. The van der Waals surface area contributed by atoms with E-state index in [0.29, 0.717) is 5.56 Å². The van der Waals surface area contributed by atoms with Crippen LogP contribution in [0.1, 0.15) is 15.9 Å². The van der Waals surface area contributed by atoms with E-state index in [4.69, 9.17) is 5.73 Å². The lowest BCUT2D eigenvalue weighted by Gasteiger charge is -2.08. The molecule has 1 amide bonds. The Labute approximate surface area is 134 Å². The van der Waals surface area contributed by atoms with Gasteiger partial charge in [-0.15, -0.1) is 0 Å². The Morgan fingerprint density at radius 3 is 2.30 bits per heavy atom. The molecule has 4 aromatic rings. The van der Waals surface area contributed by atoms with Gasteiger partial charge in [-0.2, -0.15) is 0 Å². The van der Waals surface area contributed by atoms with Crippen molar-refractivity contribution in [3.05, 3.63) is 83.9 Å². The average Bonchev–Trinajstić information content (AvgIpc) is 2.90. The normalized spacial score (nSPS) is 11.1. The number of hydrogen-bond donors (Lipinski definition) is 1. The predicted molar refractivity (Wildman–Crippen MR) is 93.5 cm³/mol. The summed E-state index contributed by atoms with van der Waals surface area (Å²) < 4.78 is 2.24. The molecule has 0 aliphatic rings. The van der Waals surface area contributed by atoms with Crippen molar-refractivity contribution < 1.29 is 4.79 Å². The molecule has 1 aromatic heterocycles. The van der Waals surface area contributed by atoms with Crippen LogP contribution in [0.2, 0.25) is 0 Å². The van der Waals surface area contributed by atoms with E-state index < -0.39 is 5.91 Å². The van der Waals surface area contributed by atoms with Crippen LogP contribution in [-0.2, 0) is 6.54 Å². The van der Waals surface area contributed by atoms with Gasteiger partial charge in [-0.1, -0.05) is 54.6 Å². The van der Waals surface area contributed by atoms with Crippen LogP contribution in [-0.4, -0.2) is 10.5 Å². The lowest BCUT2D eigenvalue weighted by atomic mass is 10.1. The fraction of sp³-hybridized carbons (Fsp3) is 0.0500. The second-order valence-electron chi connectivity index (χ2n) is 5.65. The molecular formula is C20H16N2O. The minimum absolute atomic E-state index is 0.391. The first-order valence-corrected chi connectivity index (χ1v) is 7.59. The van der Waals surface area contributed by atoms with Crippen LogP contribution in [0.15, 0.2) is 72.8 Å². The number of amides is 1. The Morgan fingerprint density at radius 2 is 1.52 bits per heavy atom. The van der Waals surface area contributed by atoms with E-state index in [9.17, 15) is 4.79 Å². The van der Waals surface area contributed by atoms with Crippen molar-refractivity contribution in [2.75, 3.05) is 0 Å². The van der Waals surface area contributed by atoms with Gasteiger partial charge >= 0.3 is 0 Å². The van der Waals surface area contributed by atoms with E-state index in [1.807, 2.05) is 48.5 Å². The number of nitrogens with zero attached hydrogens (tertiary/aromatic N) is 1. The molecule has 0 fully saturated rings. The van der Waals surface area contributed by atoms with Crippen molar-refractivity contribution in [3.63, 3.8) is 0 Å². The van der Waals surface area contributed by atoms with E-state index in [1.54, 1.807) is 6.07 Å². The highest BCUT2D eigenvalue weighted by atomic mass is 16.1. The van der Waals surface area contributed by atoms with Crippen LogP contribution < -0.4 is 5.73 Å². The van der Waals surface area contributed by atoms with E-state index >= 15 is 0 Å². The van der Waals surface area contributed by atoms with Crippen LogP contribution >= 0.6 is 0 Å². The fourth-order valence-electron chi connectivity index (χ4n) is 3.24. The van der Waals surface area contributed by atoms with Crippen LogP contribution in [0, 0.1) is 0 Å². The number of benzene rings is 3. The van der Waals surface area contributed by atoms with Crippen LogP contribution in [0.4, 0.5) is 0 Å². The highest BCUT2D eigenvalue weighted by Crippen LogP contribution is 2.32. The smallest absolute Gasteiger partial charge is 0.249 e. The second-order valence-corrected chi connectivity index (χ2v) is 5.65. The van der Waals surface area contributed by atoms with Gasteiger partial charge in [0.25, 0.3) is 0 Å². The van der Waals surface area contributed by atoms with Crippen LogP contribution in [0.3, 0.4) is 0 Å². The van der Waals surface area contributed by atoms with Crippen LogP contribution in [0.25, 0.3) is 21.8 Å². The van der Waals surface area contributed by atoms with Crippen molar-refractivity contribution in [2.45, 2.75) is 6.54 Å². The molecule has 0 spiro atoms. The number of carbonyl (C=O) groups excluding carboxylic acids is 1. The molecular weight excluding hydrogens is 284 g/mol. The minimum atomic E-state index is -0.391. The first-order valence-electron chi connectivity index (χ1n) is 7.59. The number of hydrogen-bond acceptors (Lipinski definition) is 1. The molecule has 3 aromatic carbocycles. The largest absolute Gasteiger partial charge is 0.366 e. The summed E-state index contributed by atoms with van der Waals surface area (Å²) in [6.07, 6.45) is 0. The Bertz CT molecular complexity index is 1020.